The third-order valence-corrected chi connectivity index (χ3v) is 8.16. The molecule has 200 valence electrons. The Labute approximate surface area is 229 Å². The number of aromatic amines is 1. The minimum Gasteiger partial charge on any atom is -0.396 e. The van der Waals surface area contributed by atoms with E-state index in [0.717, 1.165) is 52.3 Å². The number of imidazole rings is 1. The van der Waals surface area contributed by atoms with Gasteiger partial charge in [-0.05, 0) is 61.4 Å². The number of carbonyl (C=O) groups is 1. The summed E-state index contributed by atoms with van der Waals surface area (Å²) in [4.78, 5) is 20.4. The quantitative estimate of drug-likeness (QED) is 0.206. The van der Waals surface area contributed by atoms with Crippen LogP contribution in [0.3, 0.4) is 0 Å². The number of aliphatic hydroxyl groups is 1. The number of aromatic nitrogens is 3. The van der Waals surface area contributed by atoms with Crippen molar-refractivity contribution in [2.45, 2.75) is 25.3 Å². The van der Waals surface area contributed by atoms with Gasteiger partial charge in [0.25, 0.3) is 5.91 Å². The van der Waals surface area contributed by atoms with Crippen LogP contribution in [0.1, 0.15) is 29.6 Å². The Hall–Kier alpha value is -4.69. The Bertz CT molecular complexity index is 1920. The third-order valence-electron chi connectivity index (χ3n) is 8.16. The van der Waals surface area contributed by atoms with Gasteiger partial charge in [-0.25, -0.2) is 9.37 Å². The average molecular weight is 534 g/mol. The normalized spacial score (nSPS) is 17.2. The highest BCUT2D eigenvalue weighted by molar-refractivity contribution is 6.15. The molecule has 7 nitrogen and oxygen atoms in total. The van der Waals surface area contributed by atoms with Crippen molar-refractivity contribution in [1.29, 1.82) is 0 Å². The number of primary amides is 1. The van der Waals surface area contributed by atoms with Gasteiger partial charge in [0.15, 0.2) is 0 Å². The minimum atomic E-state index is -0.501. The van der Waals surface area contributed by atoms with E-state index in [4.69, 9.17) is 10.7 Å². The number of rotatable bonds is 6. The number of benzene rings is 4. The van der Waals surface area contributed by atoms with Crippen molar-refractivity contribution in [3.63, 3.8) is 0 Å². The van der Waals surface area contributed by atoms with Crippen LogP contribution in [0.2, 0.25) is 0 Å². The molecule has 5 N–H and O–H groups in total. The summed E-state index contributed by atoms with van der Waals surface area (Å²) in [5.41, 5.74) is 11.9. The standard InChI is InChI=1S/C32H28FN5O2/c33-19-11-14-25-27(15-19)37-32(36-25)23-7-4-10-29-30(23)22-6-1-2-9-28(22)38(29)20-12-13-21(31(34)40)26(16-20)35-24-8-3-5-18(24)17-39/h1-2,4,6-7,9-16,18,24,35,39H,3,5,8,17H2,(H2,34,40)(H,36,37). The Morgan fingerprint density at radius 2 is 1.90 bits per heavy atom. The van der Waals surface area contributed by atoms with Crippen LogP contribution < -0.4 is 11.1 Å². The number of para-hydroxylation sites is 1. The Kier molecular flexibility index (Phi) is 5.78. The Morgan fingerprint density at radius 1 is 1.05 bits per heavy atom. The molecule has 0 spiro atoms. The van der Waals surface area contributed by atoms with Gasteiger partial charge in [0.2, 0.25) is 0 Å². The van der Waals surface area contributed by atoms with Gasteiger partial charge in [0, 0.05) is 46.3 Å². The van der Waals surface area contributed by atoms with E-state index in [0.29, 0.717) is 28.1 Å². The molecule has 0 aliphatic heterocycles. The van der Waals surface area contributed by atoms with Gasteiger partial charge < -0.3 is 25.7 Å². The van der Waals surface area contributed by atoms with E-state index >= 15 is 0 Å². The number of H-pyrrole nitrogens is 1. The number of nitrogens with one attached hydrogen (secondary N) is 2. The van der Waals surface area contributed by atoms with E-state index in [9.17, 15) is 14.3 Å². The lowest BCUT2D eigenvalue weighted by molar-refractivity contribution is 0.100. The van der Waals surface area contributed by atoms with E-state index in [1.807, 2.05) is 36.4 Å². The molecule has 2 atom stereocenters. The summed E-state index contributed by atoms with van der Waals surface area (Å²) < 4.78 is 16.1. The zero-order valence-electron chi connectivity index (χ0n) is 21.7. The number of nitrogens with zero attached hydrogens (tertiary/aromatic N) is 2. The third kappa shape index (κ3) is 3.91. The van der Waals surface area contributed by atoms with Crippen LogP contribution in [0.5, 0.6) is 0 Å². The van der Waals surface area contributed by atoms with Crippen molar-refractivity contribution in [3.05, 3.63) is 90.2 Å². The van der Waals surface area contributed by atoms with Crippen LogP contribution in [0.15, 0.2) is 78.9 Å². The highest BCUT2D eigenvalue weighted by Crippen LogP contribution is 2.39. The number of hydrogen-bond acceptors (Lipinski definition) is 4. The number of halogens is 1. The van der Waals surface area contributed by atoms with Crippen molar-refractivity contribution in [2.24, 2.45) is 11.7 Å². The minimum absolute atomic E-state index is 0.0704. The van der Waals surface area contributed by atoms with Crippen LogP contribution in [0.4, 0.5) is 10.1 Å². The zero-order chi connectivity index (χ0) is 27.4. The first-order chi connectivity index (χ1) is 19.5. The summed E-state index contributed by atoms with van der Waals surface area (Å²) >= 11 is 0. The van der Waals surface area contributed by atoms with Crippen molar-refractivity contribution in [3.8, 4) is 17.1 Å². The van der Waals surface area contributed by atoms with E-state index in [1.165, 1.54) is 12.1 Å². The van der Waals surface area contributed by atoms with Crippen molar-refractivity contribution < 1.29 is 14.3 Å². The Balaban J connectivity index is 1.43. The van der Waals surface area contributed by atoms with Gasteiger partial charge in [0.1, 0.15) is 11.6 Å². The lowest BCUT2D eigenvalue weighted by atomic mass is 10.0. The molecule has 8 heteroatoms. The fraction of sp³-hybridized carbons (Fsp3) is 0.188. The number of aliphatic hydroxyl groups excluding tert-OH is 1. The number of carbonyl (C=O) groups excluding carboxylic acids is 1. The monoisotopic (exact) mass is 533 g/mol. The lowest BCUT2D eigenvalue weighted by Gasteiger charge is -2.22. The zero-order valence-corrected chi connectivity index (χ0v) is 21.7. The molecule has 4 aromatic carbocycles. The topological polar surface area (TPSA) is 109 Å². The van der Waals surface area contributed by atoms with Gasteiger partial charge in [-0.15, -0.1) is 0 Å². The summed E-state index contributed by atoms with van der Waals surface area (Å²) in [5.74, 6) is -0.0167. The molecule has 7 rings (SSSR count). The largest absolute Gasteiger partial charge is 0.396 e. The molecule has 0 radical (unpaired) electrons. The highest BCUT2D eigenvalue weighted by atomic mass is 19.1. The summed E-state index contributed by atoms with van der Waals surface area (Å²) in [6.45, 7) is 0.105. The predicted molar refractivity (Wildman–Crippen MR) is 156 cm³/mol. The van der Waals surface area contributed by atoms with E-state index in [2.05, 4.69) is 33.1 Å². The summed E-state index contributed by atoms with van der Waals surface area (Å²) in [6.07, 6.45) is 2.90. The van der Waals surface area contributed by atoms with Gasteiger partial charge in [0.05, 0.1) is 27.6 Å². The highest BCUT2D eigenvalue weighted by Gasteiger charge is 2.28. The molecule has 0 saturated heterocycles. The second-order valence-electron chi connectivity index (χ2n) is 10.5. The summed E-state index contributed by atoms with van der Waals surface area (Å²) in [7, 11) is 0. The summed E-state index contributed by atoms with van der Waals surface area (Å²) in [5, 5.41) is 15.4. The predicted octanol–water partition coefficient (Wildman–Crippen LogP) is 6.14. The number of nitrogens with two attached hydrogens (primary N) is 1. The first kappa shape index (κ1) is 24.4. The number of hydrogen-bond donors (Lipinski definition) is 4. The molecule has 6 aromatic rings. The van der Waals surface area contributed by atoms with Crippen LogP contribution in [-0.2, 0) is 0 Å². The molecule has 1 aliphatic rings. The molecule has 2 heterocycles. The SMILES string of the molecule is NC(=O)c1ccc(-n2c3ccccc3c3c(-c4nc5ccc(F)cc5[nH]4)cccc32)cc1NC1CCCC1CO. The molecule has 2 aromatic heterocycles. The molecule has 1 fully saturated rings. The number of fused-ring (bicyclic) bond motifs is 4. The fourth-order valence-corrected chi connectivity index (χ4v) is 6.25. The summed E-state index contributed by atoms with van der Waals surface area (Å²) in [6, 6.07) is 24.5. The fourth-order valence-electron chi connectivity index (χ4n) is 6.25. The van der Waals surface area contributed by atoms with Gasteiger partial charge >= 0.3 is 0 Å². The maximum atomic E-state index is 13.9. The Morgan fingerprint density at radius 3 is 2.75 bits per heavy atom. The van der Waals surface area contributed by atoms with Gasteiger partial charge in [-0.2, -0.15) is 0 Å². The molecular weight excluding hydrogens is 505 g/mol. The van der Waals surface area contributed by atoms with Crippen molar-refractivity contribution in [2.75, 3.05) is 11.9 Å². The van der Waals surface area contributed by atoms with Gasteiger partial charge in [-0.1, -0.05) is 36.8 Å². The second-order valence-corrected chi connectivity index (χ2v) is 10.5. The van der Waals surface area contributed by atoms with Crippen LogP contribution in [0, 0.1) is 11.7 Å². The molecular formula is C32H28FN5O2. The van der Waals surface area contributed by atoms with Crippen LogP contribution >= 0.6 is 0 Å². The van der Waals surface area contributed by atoms with Crippen molar-refractivity contribution >= 4 is 44.4 Å². The molecule has 1 aliphatic carbocycles. The van der Waals surface area contributed by atoms with E-state index in [-0.39, 0.29) is 24.4 Å². The second kappa shape index (κ2) is 9.50. The lowest BCUT2D eigenvalue weighted by Crippen LogP contribution is -2.28. The first-order valence-corrected chi connectivity index (χ1v) is 13.5. The average Bonchev–Trinajstić information content (AvgIpc) is 3.67. The van der Waals surface area contributed by atoms with Crippen LogP contribution in [-0.4, -0.2) is 38.2 Å². The smallest absolute Gasteiger partial charge is 0.250 e. The molecule has 2 unspecified atom stereocenters. The maximum Gasteiger partial charge on any atom is 0.250 e. The maximum absolute atomic E-state index is 13.9. The van der Waals surface area contributed by atoms with Crippen molar-refractivity contribution in [1.82, 2.24) is 14.5 Å². The molecule has 0 bridgehead atoms. The van der Waals surface area contributed by atoms with E-state index < -0.39 is 5.91 Å². The molecule has 1 saturated carbocycles. The molecule has 40 heavy (non-hydrogen) atoms. The van der Waals surface area contributed by atoms with E-state index in [1.54, 1.807) is 12.1 Å². The van der Waals surface area contributed by atoms with Crippen LogP contribution in [0.25, 0.3) is 49.9 Å². The number of amides is 1. The number of anilines is 1. The molecule has 1 amide bonds. The first-order valence-electron chi connectivity index (χ1n) is 13.5. The van der Waals surface area contributed by atoms with Gasteiger partial charge in [-0.3, -0.25) is 4.79 Å².